The van der Waals surface area contributed by atoms with Crippen molar-refractivity contribution in [1.82, 2.24) is 14.8 Å². The lowest BCUT2D eigenvalue weighted by Gasteiger charge is -2.18. The Bertz CT molecular complexity index is 321. The maximum Gasteiger partial charge on any atom is 0.152 e. The average Bonchev–Trinajstić information content (AvgIpc) is 2.36. The summed E-state index contributed by atoms with van der Waals surface area (Å²) in [4.78, 5) is 0. The summed E-state index contributed by atoms with van der Waals surface area (Å²) in [6, 6.07) is 0. The number of hydrogen-bond acceptors (Lipinski definition) is 3. The van der Waals surface area contributed by atoms with Crippen LogP contribution in [0, 0.1) is 0 Å². The van der Waals surface area contributed by atoms with Crippen molar-refractivity contribution in [2.24, 2.45) is 5.73 Å². The third kappa shape index (κ3) is 1.66. The summed E-state index contributed by atoms with van der Waals surface area (Å²) in [5, 5.41) is 8.41. The molecular formula is C10H18N4. The molecule has 78 valence electrons. The third-order valence-electron chi connectivity index (χ3n) is 2.69. The van der Waals surface area contributed by atoms with Crippen molar-refractivity contribution >= 4 is 0 Å². The second-order valence-corrected chi connectivity index (χ2v) is 4.62. The fourth-order valence-corrected chi connectivity index (χ4v) is 1.96. The minimum atomic E-state index is -0.379. The minimum Gasteiger partial charge on any atom is -0.319 e. The van der Waals surface area contributed by atoms with E-state index >= 15 is 0 Å². The molecular weight excluding hydrogens is 176 g/mol. The summed E-state index contributed by atoms with van der Waals surface area (Å²) < 4.78 is 2.20. The van der Waals surface area contributed by atoms with Crippen LogP contribution < -0.4 is 5.73 Å². The topological polar surface area (TPSA) is 56.7 Å². The summed E-state index contributed by atoms with van der Waals surface area (Å²) in [6.45, 7) is 4.99. The highest BCUT2D eigenvalue weighted by molar-refractivity contribution is 5.06. The molecule has 0 saturated carbocycles. The van der Waals surface area contributed by atoms with E-state index in [1.165, 1.54) is 19.3 Å². The molecule has 14 heavy (non-hydrogen) atoms. The van der Waals surface area contributed by atoms with Crippen LogP contribution in [0.5, 0.6) is 0 Å². The van der Waals surface area contributed by atoms with Crippen LogP contribution in [-0.4, -0.2) is 14.8 Å². The van der Waals surface area contributed by atoms with Gasteiger partial charge < -0.3 is 10.3 Å². The summed E-state index contributed by atoms with van der Waals surface area (Å²) in [6.07, 6.45) is 4.77. The van der Waals surface area contributed by atoms with Gasteiger partial charge in [-0.15, -0.1) is 10.2 Å². The Morgan fingerprint density at radius 1 is 1.21 bits per heavy atom. The lowest BCUT2D eigenvalue weighted by molar-refractivity contribution is 0.467. The molecule has 0 unspecified atom stereocenters. The first-order chi connectivity index (χ1) is 6.59. The Labute approximate surface area is 84.5 Å². The largest absolute Gasteiger partial charge is 0.319 e. The smallest absolute Gasteiger partial charge is 0.152 e. The molecule has 1 aliphatic rings. The van der Waals surface area contributed by atoms with E-state index < -0.39 is 0 Å². The van der Waals surface area contributed by atoms with Gasteiger partial charge in [-0.05, 0) is 26.7 Å². The Balaban J connectivity index is 2.39. The predicted molar refractivity (Wildman–Crippen MR) is 54.8 cm³/mol. The van der Waals surface area contributed by atoms with E-state index in [9.17, 15) is 0 Å². The molecule has 0 atom stereocenters. The zero-order chi connectivity index (χ0) is 10.2. The van der Waals surface area contributed by atoms with Crippen molar-refractivity contribution in [1.29, 1.82) is 0 Å². The Kier molecular flexibility index (Phi) is 2.31. The quantitative estimate of drug-likeness (QED) is 0.730. The van der Waals surface area contributed by atoms with Gasteiger partial charge >= 0.3 is 0 Å². The second kappa shape index (κ2) is 3.35. The molecule has 4 heteroatoms. The molecule has 2 N–H and O–H groups in total. The number of aryl methyl sites for hydroxylation is 1. The molecule has 0 amide bonds. The van der Waals surface area contributed by atoms with E-state index in [0.717, 1.165) is 24.6 Å². The number of rotatable bonds is 1. The maximum atomic E-state index is 6.05. The summed E-state index contributed by atoms with van der Waals surface area (Å²) in [7, 11) is 0. The van der Waals surface area contributed by atoms with Crippen molar-refractivity contribution in [3.8, 4) is 0 Å². The number of nitrogens with two attached hydrogens (primary N) is 1. The highest BCUT2D eigenvalue weighted by Gasteiger charge is 2.24. The summed E-state index contributed by atoms with van der Waals surface area (Å²) in [5.74, 6) is 2.03. The zero-order valence-electron chi connectivity index (χ0n) is 8.95. The van der Waals surface area contributed by atoms with Crippen LogP contribution in [0.15, 0.2) is 0 Å². The van der Waals surface area contributed by atoms with E-state index in [2.05, 4.69) is 14.8 Å². The van der Waals surface area contributed by atoms with Gasteiger partial charge in [0.25, 0.3) is 0 Å². The summed E-state index contributed by atoms with van der Waals surface area (Å²) >= 11 is 0. The van der Waals surface area contributed by atoms with Gasteiger partial charge in [-0.3, -0.25) is 0 Å². The highest BCUT2D eigenvalue weighted by atomic mass is 15.3. The minimum absolute atomic E-state index is 0.379. The first-order valence-corrected chi connectivity index (χ1v) is 5.30. The van der Waals surface area contributed by atoms with E-state index in [4.69, 9.17) is 5.73 Å². The van der Waals surface area contributed by atoms with Crippen LogP contribution in [0.3, 0.4) is 0 Å². The Morgan fingerprint density at radius 3 is 2.71 bits per heavy atom. The third-order valence-corrected chi connectivity index (χ3v) is 2.69. The van der Waals surface area contributed by atoms with Gasteiger partial charge in [-0.2, -0.15) is 0 Å². The molecule has 0 spiro atoms. The van der Waals surface area contributed by atoms with Crippen LogP contribution in [0.1, 0.15) is 44.8 Å². The van der Waals surface area contributed by atoms with Gasteiger partial charge in [-0.1, -0.05) is 6.42 Å². The average molecular weight is 194 g/mol. The molecule has 0 aromatic carbocycles. The standard InChI is InChI=1S/C10H18N4/c1-10(2,11)9-13-12-8-6-4-3-5-7-14(8)9/h3-7,11H2,1-2H3. The monoisotopic (exact) mass is 194 g/mol. The molecule has 0 radical (unpaired) electrons. The van der Waals surface area contributed by atoms with Gasteiger partial charge in [-0.25, -0.2) is 0 Å². The number of aromatic nitrogens is 3. The zero-order valence-corrected chi connectivity index (χ0v) is 8.95. The van der Waals surface area contributed by atoms with E-state index in [1.54, 1.807) is 0 Å². The molecule has 1 aliphatic heterocycles. The number of hydrogen-bond donors (Lipinski definition) is 1. The Hall–Kier alpha value is -0.900. The highest BCUT2D eigenvalue weighted by Crippen LogP contribution is 2.20. The van der Waals surface area contributed by atoms with Gasteiger partial charge in [0.05, 0.1) is 5.54 Å². The van der Waals surface area contributed by atoms with E-state index in [0.29, 0.717) is 0 Å². The van der Waals surface area contributed by atoms with Crippen LogP contribution >= 0.6 is 0 Å². The molecule has 4 nitrogen and oxygen atoms in total. The SMILES string of the molecule is CC(C)(N)c1nnc2n1CCCCC2. The summed E-state index contributed by atoms with van der Waals surface area (Å²) in [5.41, 5.74) is 5.67. The van der Waals surface area contributed by atoms with Crippen LogP contribution in [0.25, 0.3) is 0 Å². The van der Waals surface area contributed by atoms with Crippen LogP contribution in [0.2, 0.25) is 0 Å². The normalized spacial score (nSPS) is 17.6. The second-order valence-electron chi connectivity index (χ2n) is 4.62. The van der Waals surface area contributed by atoms with Crippen molar-refractivity contribution in [3.63, 3.8) is 0 Å². The molecule has 2 rings (SSSR count). The predicted octanol–water partition coefficient (Wildman–Crippen LogP) is 1.20. The van der Waals surface area contributed by atoms with Gasteiger partial charge in [0, 0.05) is 13.0 Å². The van der Waals surface area contributed by atoms with E-state index in [1.807, 2.05) is 13.8 Å². The van der Waals surface area contributed by atoms with Crippen molar-refractivity contribution < 1.29 is 0 Å². The van der Waals surface area contributed by atoms with Gasteiger partial charge in [0.2, 0.25) is 0 Å². The first-order valence-electron chi connectivity index (χ1n) is 5.30. The van der Waals surface area contributed by atoms with Crippen molar-refractivity contribution in [3.05, 3.63) is 11.6 Å². The fourth-order valence-electron chi connectivity index (χ4n) is 1.96. The van der Waals surface area contributed by atoms with Crippen LogP contribution in [-0.2, 0) is 18.5 Å². The molecule has 0 bridgehead atoms. The molecule has 2 heterocycles. The molecule has 0 aliphatic carbocycles. The van der Waals surface area contributed by atoms with E-state index in [-0.39, 0.29) is 5.54 Å². The Morgan fingerprint density at radius 2 is 2.00 bits per heavy atom. The molecule has 1 aromatic heterocycles. The van der Waals surface area contributed by atoms with Crippen LogP contribution in [0.4, 0.5) is 0 Å². The molecule has 0 saturated heterocycles. The lowest BCUT2D eigenvalue weighted by Crippen LogP contribution is -2.33. The first kappa shape index (κ1) is 9.65. The number of fused-ring (bicyclic) bond motifs is 1. The van der Waals surface area contributed by atoms with Gasteiger partial charge in [0.15, 0.2) is 5.82 Å². The van der Waals surface area contributed by atoms with Gasteiger partial charge in [0.1, 0.15) is 5.82 Å². The molecule has 1 aromatic rings. The fraction of sp³-hybridized carbons (Fsp3) is 0.800. The maximum absolute atomic E-state index is 6.05. The van der Waals surface area contributed by atoms with Crippen molar-refractivity contribution in [2.75, 3.05) is 0 Å². The number of nitrogens with zero attached hydrogens (tertiary/aromatic N) is 3. The molecule has 0 fully saturated rings. The van der Waals surface area contributed by atoms with Crippen molar-refractivity contribution in [2.45, 2.75) is 51.6 Å². The lowest BCUT2D eigenvalue weighted by atomic mass is 10.1.